The monoisotopic (exact) mass is 225 g/mol. The van der Waals surface area contributed by atoms with Gasteiger partial charge in [0.05, 0.1) is 11.7 Å². The van der Waals surface area contributed by atoms with Gasteiger partial charge in [0.1, 0.15) is 0 Å². The number of nitrogen functional groups attached to an aromatic ring is 1. The average molecular weight is 225 g/mol. The number of anilines is 1. The molecule has 0 heterocycles. The zero-order valence-electron chi connectivity index (χ0n) is 8.86. The van der Waals surface area contributed by atoms with Crippen molar-refractivity contribution in [1.82, 2.24) is 0 Å². The van der Waals surface area contributed by atoms with Gasteiger partial charge in [-0.2, -0.15) is 0 Å². The molecule has 2 N–H and O–H groups in total. The molecule has 0 aliphatic heterocycles. The topological polar surface area (TPSA) is 52.3 Å². The molecule has 1 aromatic carbocycles. The van der Waals surface area contributed by atoms with E-state index in [1.54, 1.807) is 18.2 Å². The summed E-state index contributed by atoms with van der Waals surface area (Å²) >= 11 is 4.14. The lowest BCUT2D eigenvalue weighted by molar-refractivity contribution is 0.0334. The summed E-state index contributed by atoms with van der Waals surface area (Å²) in [5.74, 6) is -0.334. The van der Waals surface area contributed by atoms with E-state index < -0.39 is 0 Å². The van der Waals surface area contributed by atoms with E-state index in [2.05, 4.69) is 12.6 Å². The van der Waals surface area contributed by atoms with Crippen LogP contribution in [0.15, 0.2) is 23.1 Å². The van der Waals surface area contributed by atoms with Crippen molar-refractivity contribution in [3.8, 4) is 0 Å². The number of thiol groups is 1. The Labute approximate surface area is 95.0 Å². The maximum absolute atomic E-state index is 11.6. The molecule has 0 saturated heterocycles. The standard InChI is InChI=1S/C11H15NO2S/c1-3-7(2)14-11(13)8-4-5-9(12)10(15)6-8/h4-7,15H,3,12H2,1-2H3. The highest BCUT2D eigenvalue weighted by molar-refractivity contribution is 7.80. The fourth-order valence-electron chi connectivity index (χ4n) is 1.00. The Balaban J connectivity index is 2.78. The summed E-state index contributed by atoms with van der Waals surface area (Å²) < 4.78 is 5.17. The van der Waals surface area contributed by atoms with Crippen LogP contribution in [0.4, 0.5) is 5.69 Å². The highest BCUT2D eigenvalue weighted by atomic mass is 32.1. The van der Waals surface area contributed by atoms with Crippen LogP contribution in [0.1, 0.15) is 30.6 Å². The molecule has 1 unspecified atom stereocenters. The van der Waals surface area contributed by atoms with Crippen LogP contribution in [-0.2, 0) is 4.74 Å². The van der Waals surface area contributed by atoms with Crippen LogP contribution in [0.5, 0.6) is 0 Å². The minimum absolute atomic E-state index is 0.0709. The number of ether oxygens (including phenoxy) is 1. The first kappa shape index (κ1) is 11.9. The smallest absolute Gasteiger partial charge is 0.338 e. The summed E-state index contributed by atoms with van der Waals surface area (Å²) in [5, 5.41) is 0. The molecule has 0 fully saturated rings. The summed E-state index contributed by atoms with van der Waals surface area (Å²) in [5.41, 5.74) is 6.62. The van der Waals surface area contributed by atoms with Crippen molar-refractivity contribution in [1.29, 1.82) is 0 Å². The molecule has 1 atom stereocenters. The third-order valence-electron chi connectivity index (χ3n) is 2.15. The van der Waals surface area contributed by atoms with Gasteiger partial charge in [0.25, 0.3) is 0 Å². The molecule has 0 aromatic heterocycles. The van der Waals surface area contributed by atoms with Gasteiger partial charge in [-0.25, -0.2) is 4.79 Å². The van der Waals surface area contributed by atoms with E-state index in [1.165, 1.54) is 0 Å². The van der Waals surface area contributed by atoms with Crippen LogP contribution in [0.3, 0.4) is 0 Å². The minimum Gasteiger partial charge on any atom is -0.459 e. The molecule has 82 valence electrons. The molecule has 0 radical (unpaired) electrons. The predicted octanol–water partition coefficient (Wildman–Crippen LogP) is 2.51. The first-order valence-electron chi connectivity index (χ1n) is 4.84. The Kier molecular flexibility index (Phi) is 4.03. The molecule has 0 aliphatic carbocycles. The van der Waals surface area contributed by atoms with Crippen molar-refractivity contribution in [3.05, 3.63) is 23.8 Å². The quantitative estimate of drug-likeness (QED) is 0.472. The van der Waals surface area contributed by atoms with Gasteiger partial charge in [-0.3, -0.25) is 0 Å². The number of hydrogen-bond acceptors (Lipinski definition) is 4. The van der Waals surface area contributed by atoms with E-state index in [0.717, 1.165) is 6.42 Å². The second-order valence-electron chi connectivity index (χ2n) is 3.40. The molecule has 0 amide bonds. The number of carbonyl (C=O) groups is 1. The van der Waals surface area contributed by atoms with Crippen LogP contribution in [-0.4, -0.2) is 12.1 Å². The minimum atomic E-state index is -0.334. The predicted molar refractivity (Wildman–Crippen MR) is 63.3 cm³/mol. The number of hydrogen-bond donors (Lipinski definition) is 2. The van der Waals surface area contributed by atoms with Crippen molar-refractivity contribution < 1.29 is 9.53 Å². The second kappa shape index (κ2) is 5.07. The molecule has 0 saturated carbocycles. The first-order valence-corrected chi connectivity index (χ1v) is 5.28. The third kappa shape index (κ3) is 3.16. The molecule has 0 bridgehead atoms. The number of rotatable bonds is 3. The molecule has 4 heteroatoms. The first-order chi connectivity index (χ1) is 7.04. The van der Waals surface area contributed by atoms with Crippen LogP contribution >= 0.6 is 12.6 Å². The summed E-state index contributed by atoms with van der Waals surface area (Å²) in [6.45, 7) is 3.82. The molecule has 15 heavy (non-hydrogen) atoms. The van der Waals surface area contributed by atoms with Crippen molar-refractivity contribution in [3.63, 3.8) is 0 Å². The van der Waals surface area contributed by atoms with Gasteiger partial charge in [0.15, 0.2) is 0 Å². The lowest BCUT2D eigenvalue weighted by Crippen LogP contribution is -2.14. The normalized spacial score (nSPS) is 12.2. The zero-order chi connectivity index (χ0) is 11.4. The lowest BCUT2D eigenvalue weighted by Gasteiger charge is -2.11. The molecular weight excluding hydrogens is 210 g/mol. The van der Waals surface area contributed by atoms with E-state index in [4.69, 9.17) is 10.5 Å². The SMILES string of the molecule is CCC(C)OC(=O)c1ccc(N)c(S)c1. The summed E-state index contributed by atoms with van der Waals surface area (Å²) in [6, 6.07) is 4.90. The van der Waals surface area contributed by atoms with Gasteiger partial charge in [-0.1, -0.05) is 6.92 Å². The van der Waals surface area contributed by atoms with Crippen LogP contribution < -0.4 is 5.73 Å². The Bertz CT molecular complexity index is 366. The molecule has 1 aromatic rings. The van der Waals surface area contributed by atoms with Crippen LogP contribution in [0.25, 0.3) is 0 Å². The molecular formula is C11H15NO2S. The van der Waals surface area contributed by atoms with Crippen molar-refractivity contribution in [2.75, 3.05) is 5.73 Å². The lowest BCUT2D eigenvalue weighted by atomic mass is 10.2. The zero-order valence-corrected chi connectivity index (χ0v) is 9.75. The Morgan fingerprint density at radius 2 is 2.27 bits per heavy atom. The van der Waals surface area contributed by atoms with E-state index in [-0.39, 0.29) is 12.1 Å². The van der Waals surface area contributed by atoms with E-state index in [9.17, 15) is 4.79 Å². The van der Waals surface area contributed by atoms with Gasteiger partial charge < -0.3 is 10.5 Å². The highest BCUT2D eigenvalue weighted by Gasteiger charge is 2.11. The highest BCUT2D eigenvalue weighted by Crippen LogP contribution is 2.18. The van der Waals surface area contributed by atoms with Crippen molar-refractivity contribution in [2.45, 2.75) is 31.3 Å². The van der Waals surface area contributed by atoms with Crippen molar-refractivity contribution in [2.24, 2.45) is 0 Å². The molecule has 0 aliphatic rings. The van der Waals surface area contributed by atoms with Crippen LogP contribution in [0, 0.1) is 0 Å². The summed E-state index contributed by atoms with van der Waals surface area (Å²) in [7, 11) is 0. The number of benzene rings is 1. The Morgan fingerprint density at radius 3 is 2.80 bits per heavy atom. The molecule has 0 spiro atoms. The maximum atomic E-state index is 11.6. The van der Waals surface area contributed by atoms with Crippen molar-refractivity contribution >= 4 is 24.3 Å². The number of carbonyl (C=O) groups excluding carboxylic acids is 1. The molecule has 1 rings (SSSR count). The summed E-state index contributed by atoms with van der Waals surface area (Å²) in [6.07, 6.45) is 0.729. The number of esters is 1. The third-order valence-corrected chi connectivity index (χ3v) is 2.54. The fourth-order valence-corrected chi connectivity index (χ4v) is 1.22. The summed E-state index contributed by atoms with van der Waals surface area (Å²) in [4.78, 5) is 12.2. The van der Waals surface area contributed by atoms with Crippen LogP contribution in [0.2, 0.25) is 0 Å². The fraction of sp³-hybridized carbons (Fsp3) is 0.364. The average Bonchev–Trinajstić information content (AvgIpc) is 2.21. The van der Waals surface area contributed by atoms with E-state index >= 15 is 0 Å². The Morgan fingerprint density at radius 1 is 1.60 bits per heavy atom. The van der Waals surface area contributed by atoms with Gasteiger partial charge in [-0.15, -0.1) is 12.6 Å². The van der Waals surface area contributed by atoms with Gasteiger partial charge in [0.2, 0.25) is 0 Å². The van der Waals surface area contributed by atoms with E-state index in [0.29, 0.717) is 16.1 Å². The van der Waals surface area contributed by atoms with Gasteiger partial charge >= 0.3 is 5.97 Å². The van der Waals surface area contributed by atoms with Gasteiger partial charge in [-0.05, 0) is 31.5 Å². The largest absolute Gasteiger partial charge is 0.459 e. The molecule has 3 nitrogen and oxygen atoms in total. The number of nitrogens with two attached hydrogens (primary N) is 1. The Hall–Kier alpha value is -1.16. The maximum Gasteiger partial charge on any atom is 0.338 e. The van der Waals surface area contributed by atoms with E-state index in [1.807, 2.05) is 13.8 Å². The van der Waals surface area contributed by atoms with Gasteiger partial charge in [0, 0.05) is 10.6 Å². The second-order valence-corrected chi connectivity index (χ2v) is 3.88.